The standard InChI is InChI=1S/C23H23N5O2/c1-27-9-11-28(12-10-27)15-16-3-2-4-17(13-16)22-25-23(30-26-22)19-7-8-24-21-6-5-18(29)14-20(19)21/h2-8,13-14,29H,9-12,15H2,1H3. The minimum atomic E-state index is 0.174. The molecule has 0 saturated carbocycles. The molecule has 4 aromatic rings. The molecule has 0 bridgehead atoms. The molecular weight excluding hydrogens is 378 g/mol. The van der Waals surface area contributed by atoms with Crippen molar-refractivity contribution in [1.29, 1.82) is 0 Å². The van der Waals surface area contributed by atoms with Crippen molar-refractivity contribution >= 4 is 10.9 Å². The number of aromatic nitrogens is 3. The second-order valence-electron chi connectivity index (χ2n) is 7.76. The maximum Gasteiger partial charge on any atom is 0.258 e. The Kier molecular flexibility index (Phi) is 4.90. The molecule has 0 atom stereocenters. The molecule has 0 unspecified atom stereocenters. The van der Waals surface area contributed by atoms with Gasteiger partial charge in [0.2, 0.25) is 5.82 Å². The minimum Gasteiger partial charge on any atom is -0.508 e. The number of fused-ring (bicyclic) bond motifs is 1. The Morgan fingerprint density at radius 3 is 2.77 bits per heavy atom. The molecular formula is C23H23N5O2. The summed E-state index contributed by atoms with van der Waals surface area (Å²) in [5, 5.41) is 14.8. The molecule has 0 radical (unpaired) electrons. The second-order valence-corrected chi connectivity index (χ2v) is 7.76. The van der Waals surface area contributed by atoms with Gasteiger partial charge in [0, 0.05) is 49.9 Å². The summed E-state index contributed by atoms with van der Waals surface area (Å²) in [6.07, 6.45) is 1.70. The quantitative estimate of drug-likeness (QED) is 0.561. The van der Waals surface area contributed by atoms with Gasteiger partial charge in [0.25, 0.3) is 5.89 Å². The smallest absolute Gasteiger partial charge is 0.258 e. The van der Waals surface area contributed by atoms with Gasteiger partial charge in [-0.25, -0.2) is 0 Å². The average molecular weight is 401 g/mol. The molecule has 1 saturated heterocycles. The number of pyridine rings is 1. The number of aromatic hydroxyl groups is 1. The van der Waals surface area contributed by atoms with Gasteiger partial charge in [-0.3, -0.25) is 9.88 Å². The first-order valence-corrected chi connectivity index (χ1v) is 10.1. The Labute approximate surface area is 174 Å². The normalized spacial score (nSPS) is 15.6. The van der Waals surface area contributed by atoms with Crippen LogP contribution in [0.15, 0.2) is 59.3 Å². The van der Waals surface area contributed by atoms with Crippen molar-refractivity contribution in [1.82, 2.24) is 24.9 Å². The van der Waals surface area contributed by atoms with Crippen LogP contribution in [0.4, 0.5) is 0 Å². The number of piperazine rings is 1. The molecule has 1 N–H and O–H groups in total. The zero-order chi connectivity index (χ0) is 20.5. The highest BCUT2D eigenvalue weighted by atomic mass is 16.5. The van der Waals surface area contributed by atoms with E-state index in [1.54, 1.807) is 24.4 Å². The Morgan fingerprint density at radius 2 is 1.90 bits per heavy atom. The third-order valence-corrected chi connectivity index (χ3v) is 5.57. The van der Waals surface area contributed by atoms with E-state index in [1.165, 1.54) is 5.56 Å². The van der Waals surface area contributed by atoms with Crippen LogP contribution in [0.1, 0.15) is 5.56 Å². The SMILES string of the molecule is CN1CCN(Cc2cccc(-c3noc(-c4ccnc5ccc(O)cc45)n3)c2)CC1. The van der Waals surface area contributed by atoms with Crippen LogP contribution in [-0.2, 0) is 6.54 Å². The van der Waals surface area contributed by atoms with Gasteiger partial charge in [0.15, 0.2) is 0 Å². The monoisotopic (exact) mass is 401 g/mol. The minimum absolute atomic E-state index is 0.174. The summed E-state index contributed by atoms with van der Waals surface area (Å²) in [7, 11) is 2.17. The van der Waals surface area contributed by atoms with Gasteiger partial charge >= 0.3 is 0 Å². The topological polar surface area (TPSA) is 78.5 Å². The molecule has 7 heteroatoms. The first-order chi connectivity index (χ1) is 14.7. The molecule has 30 heavy (non-hydrogen) atoms. The Morgan fingerprint density at radius 1 is 1.03 bits per heavy atom. The molecule has 2 aromatic heterocycles. The van der Waals surface area contributed by atoms with Crippen LogP contribution in [0.2, 0.25) is 0 Å². The maximum absolute atomic E-state index is 9.86. The number of hydrogen-bond donors (Lipinski definition) is 1. The van der Waals surface area contributed by atoms with Crippen molar-refractivity contribution < 1.29 is 9.63 Å². The van der Waals surface area contributed by atoms with Gasteiger partial charge in [0.1, 0.15) is 5.75 Å². The van der Waals surface area contributed by atoms with Gasteiger partial charge < -0.3 is 14.5 Å². The fourth-order valence-corrected chi connectivity index (χ4v) is 3.84. The summed E-state index contributed by atoms with van der Waals surface area (Å²) in [6.45, 7) is 5.28. The van der Waals surface area contributed by atoms with Crippen LogP contribution < -0.4 is 0 Å². The number of rotatable bonds is 4. The molecule has 0 aliphatic carbocycles. The highest BCUT2D eigenvalue weighted by Gasteiger charge is 2.16. The van der Waals surface area contributed by atoms with Crippen molar-refractivity contribution in [3.63, 3.8) is 0 Å². The van der Waals surface area contributed by atoms with Crippen LogP contribution in [0.5, 0.6) is 5.75 Å². The zero-order valence-corrected chi connectivity index (χ0v) is 16.8. The fraction of sp³-hybridized carbons (Fsp3) is 0.261. The largest absolute Gasteiger partial charge is 0.508 e. The summed E-state index contributed by atoms with van der Waals surface area (Å²) < 4.78 is 5.57. The van der Waals surface area contributed by atoms with Crippen molar-refractivity contribution in [3.8, 4) is 28.6 Å². The molecule has 0 amide bonds. The highest BCUT2D eigenvalue weighted by molar-refractivity contribution is 5.93. The van der Waals surface area contributed by atoms with Gasteiger partial charge in [-0.1, -0.05) is 23.4 Å². The zero-order valence-electron chi connectivity index (χ0n) is 16.8. The highest BCUT2D eigenvalue weighted by Crippen LogP contribution is 2.30. The molecule has 5 rings (SSSR count). The molecule has 0 spiro atoms. The molecule has 152 valence electrons. The fourth-order valence-electron chi connectivity index (χ4n) is 3.84. The van der Waals surface area contributed by atoms with Gasteiger partial charge in [-0.15, -0.1) is 0 Å². The lowest BCUT2D eigenvalue weighted by atomic mass is 10.1. The van der Waals surface area contributed by atoms with E-state index in [4.69, 9.17) is 4.52 Å². The molecule has 7 nitrogen and oxygen atoms in total. The lowest BCUT2D eigenvalue weighted by molar-refractivity contribution is 0.148. The summed E-state index contributed by atoms with van der Waals surface area (Å²) >= 11 is 0. The summed E-state index contributed by atoms with van der Waals surface area (Å²) in [5.41, 5.74) is 3.68. The maximum atomic E-state index is 9.86. The predicted molar refractivity (Wildman–Crippen MR) is 115 cm³/mol. The van der Waals surface area contributed by atoms with E-state index in [0.717, 1.165) is 54.8 Å². The lowest BCUT2D eigenvalue weighted by Crippen LogP contribution is -2.43. The number of phenolic OH excluding ortho intramolecular Hbond substituents is 1. The van der Waals surface area contributed by atoms with E-state index in [0.29, 0.717) is 11.7 Å². The van der Waals surface area contributed by atoms with Crippen LogP contribution in [0.3, 0.4) is 0 Å². The molecule has 1 aliphatic rings. The Balaban J connectivity index is 1.42. The predicted octanol–water partition coefficient (Wildman–Crippen LogP) is 3.40. The van der Waals surface area contributed by atoms with E-state index >= 15 is 0 Å². The number of nitrogens with zero attached hydrogens (tertiary/aromatic N) is 5. The third kappa shape index (κ3) is 3.77. The van der Waals surface area contributed by atoms with E-state index in [2.05, 4.69) is 44.1 Å². The van der Waals surface area contributed by atoms with Crippen LogP contribution in [-0.4, -0.2) is 63.3 Å². The molecule has 1 fully saturated rings. The first kappa shape index (κ1) is 18.7. The van der Waals surface area contributed by atoms with E-state index < -0.39 is 0 Å². The summed E-state index contributed by atoms with van der Waals surface area (Å²) in [6, 6.07) is 15.2. The summed E-state index contributed by atoms with van der Waals surface area (Å²) in [5.74, 6) is 1.14. The first-order valence-electron chi connectivity index (χ1n) is 10.1. The summed E-state index contributed by atoms with van der Waals surface area (Å²) in [4.78, 5) is 13.8. The van der Waals surface area contributed by atoms with E-state index in [1.807, 2.05) is 18.2 Å². The molecule has 1 aliphatic heterocycles. The van der Waals surface area contributed by atoms with E-state index in [-0.39, 0.29) is 5.75 Å². The van der Waals surface area contributed by atoms with E-state index in [9.17, 15) is 5.11 Å². The van der Waals surface area contributed by atoms with Crippen LogP contribution >= 0.6 is 0 Å². The number of phenols is 1. The Bertz CT molecular complexity index is 1180. The van der Waals surface area contributed by atoms with Crippen LogP contribution in [0.25, 0.3) is 33.7 Å². The van der Waals surface area contributed by atoms with Crippen molar-refractivity contribution in [2.45, 2.75) is 6.54 Å². The second kappa shape index (κ2) is 7.85. The Hall–Kier alpha value is -3.29. The molecule has 3 heterocycles. The third-order valence-electron chi connectivity index (χ3n) is 5.57. The van der Waals surface area contributed by atoms with Crippen LogP contribution in [0, 0.1) is 0 Å². The molecule has 2 aromatic carbocycles. The van der Waals surface area contributed by atoms with Crippen molar-refractivity contribution in [2.24, 2.45) is 0 Å². The number of hydrogen-bond acceptors (Lipinski definition) is 7. The van der Waals surface area contributed by atoms with Gasteiger partial charge in [0.05, 0.1) is 11.1 Å². The lowest BCUT2D eigenvalue weighted by Gasteiger charge is -2.32. The average Bonchev–Trinajstić information content (AvgIpc) is 3.25. The van der Waals surface area contributed by atoms with Gasteiger partial charge in [-0.2, -0.15) is 4.98 Å². The number of likely N-dealkylation sites (N-methyl/N-ethyl adjacent to an activating group) is 1. The van der Waals surface area contributed by atoms with Crippen molar-refractivity contribution in [3.05, 3.63) is 60.3 Å². The van der Waals surface area contributed by atoms with Crippen molar-refractivity contribution in [2.75, 3.05) is 33.2 Å². The van der Waals surface area contributed by atoms with Gasteiger partial charge in [-0.05, 0) is 42.9 Å². The number of benzene rings is 2.